The van der Waals surface area contributed by atoms with E-state index in [1.165, 1.54) is 31.2 Å². The van der Waals surface area contributed by atoms with E-state index < -0.39 is 0 Å². The number of halogens is 1. The highest BCUT2D eigenvalue weighted by Gasteiger charge is 2.20. The van der Waals surface area contributed by atoms with Crippen molar-refractivity contribution in [3.05, 3.63) is 34.3 Å². The van der Waals surface area contributed by atoms with Crippen molar-refractivity contribution in [3.63, 3.8) is 0 Å². The third-order valence-corrected chi connectivity index (χ3v) is 4.37. The number of nitrogens with one attached hydrogen (secondary N) is 1. The Morgan fingerprint density at radius 2 is 1.94 bits per heavy atom. The van der Waals surface area contributed by atoms with Crippen LogP contribution in [0.15, 0.2) is 28.7 Å². The van der Waals surface area contributed by atoms with Crippen LogP contribution < -0.4 is 5.32 Å². The predicted octanol–water partition coefficient (Wildman–Crippen LogP) is 3.89. The van der Waals surface area contributed by atoms with E-state index in [1.54, 1.807) is 0 Å². The molecule has 1 fully saturated rings. The van der Waals surface area contributed by atoms with Gasteiger partial charge in [-0.25, -0.2) is 0 Å². The Kier molecular flexibility index (Phi) is 5.67. The van der Waals surface area contributed by atoms with Crippen LogP contribution in [0.2, 0.25) is 0 Å². The molecule has 1 N–H and O–H groups in total. The van der Waals surface area contributed by atoms with Crippen LogP contribution in [-0.2, 0) is 11.3 Å². The summed E-state index contributed by atoms with van der Waals surface area (Å²) in [6, 6.07) is 8.99. The lowest BCUT2D eigenvalue weighted by Crippen LogP contribution is -2.35. The van der Waals surface area contributed by atoms with Crippen molar-refractivity contribution >= 4 is 15.9 Å². The molecule has 0 aliphatic heterocycles. The van der Waals surface area contributed by atoms with Gasteiger partial charge in [-0.1, -0.05) is 41.1 Å². The van der Waals surface area contributed by atoms with E-state index in [1.807, 2.05) is 6.07 Å². The minimum Gasteiger partial charge on any atom is -0.374 e. The first kappa shape index (κ1) is 14.0. The second-order valence-corrected chi connectivity index (χ2v) is 5.79. The molecule has 2 nitrogen and oxygen atoms in total. The van der Waals surface area contributed by atoms with Crippen molar-refractivity contribution in [1.29, 1.82) is 0 Å². The molecule has 100 valence electrons. The summed E-state index contributed by atoms with van der Waals surface area (Å²) in [4.78, 5) is 0. The van der Waals surface area contributed by atoms with Gasteiger partial charge in [0.15, 0.2) is 0 Å². The topological polar surface area (TPSA) is 21.3 Å². The van der Waals surface area contributed by atoms with Gasteiger partial charge in [-0.2, -0.15) is 0 Å². The van der Waals surface area contributed by atoms with Crippen molar-refractivity contribution in [2.24, 2.45) is 0 Å². The maximum atomic E-state index is 6.02. The molecule has 0 unspecified atom stereocenters. The van der Waals surface area contributed by atoms with Gasteiger partial charge < -0.3 is 10.1 Å². The SMILES string of the molecule is CCNC1CCC(OCc2ccccc2Br)CC1. The molecule has 0 aromatic heterocycles. The van der Waals surface area contributed by atoms with E-state index in [4.69, 9.17) is 4.74 Å². The maximum Gasteiger partial charge on any atom is 0.0731 e. The molecule has 1 aliphatic rings. The highest BCUT2D eigenvalue weighted by Crippen LogP contribution is 2.24. The van der Waals surface area contributed by atoms with Crippen LogP contribution in [-0.4, -0.2) is 18.7 Å². The van der Waals surface area contributed by atoms with E-state index in [2.05, 4.69) is 46.4 Å². The zero-order valence-corrected chi connectivity index (χ0v) is 12.6. The first-order valence-corrected chi connectivity index (χ1v) is 7.67. The molecule has 3 heteroatoms. The van der Waals surface area contributed by atoms with Crippen molar-refractivity contribution in [1.82, 2.24) is 5.32 Å². The van der Waals surface area contributed by atoms with Crippen LogP contribution in [0, 0.1) is 0 Å². The Balaban J connectivity index is 1.74. The molecule has 18 heavy (non-hydrogen) atoms. The molecule has 2 rings (SSSR count). The molecule has 0 spiro atoms. The molecule has 1 aromatic carbocycles. The second-order valence-electron chi connectivity index (χ2n) is 4.93. The van der Waals surface area contributed by atoms with Crippen molar-refractivity contribution in [2.75, 3.05) is 6.54 Å². The molecule has 1 aromatic rings. The fraction of sp³-hybridized carbons (Fsp3) is 0.600. The van der Waals surface area contributed by atoms with Gasteiger partial charge in [0.1, 0.15) is 0 Å². The Bertz CT molecular complexity index is 361. The average Bonchev–Trinajstić information content (AvgIpc) is 2.40. The van der Waals surface area contributed by atoms with Gasteiger partial charge >= 0.3 is 0 Å². The van der Waals surface area contributed by atoms with Crippen molar-refractivity contribution in [3.8, 4) is 0 Å². The first-order valence-electron chi connectivity index (χ1n) is 6.88. The smallest absolute Gasteiger partial charge is 0.0731 e. The van der Waals surface area contributed by atoms with Gasteiger partial charge in [-0.05, 0) is 43.9 Å². The summed E-state index contributed by atoms with van der Waals surface area (Å²) in [6.45, 7) is 3.97. The molecule has 1 aliphatic carbocycles. The van der Waals surface area contributed by atoms with Crippen molar-refractivity contribution < 1.29 is 4.74 Å². The lowest BCUT2D eigenvalue weighted by Gasteiger charge is -2.29. The summed E-state index contributed by atoms with van der Waals surface area (Å²) in [7, 11) is 0. The van der Waals surface area contributed by atoms with Gasteiger partial charge in [0.2, 0.25) is 0 Å². The molecule has 0 saturated heterocycles. The van der Waals surface area contributed by atoms with Crippen LogP contribution in [0.25, 0.3) is 0 Å². The quantitative estimate of drug-likeness (QED) is 0.891. The van der Waals surface area contributed by atoms with Gasteiger partial charge in [-0.15, -0.1) is 0 Å². The summed E-state index contributed by atoms with van der Waals surface area (Å²) in [6.07, 6.45) is 5.29. The monoisotopic (exact) mass is 311 g/mol. The molecular formula is C15H22BrNO. The van der Waals surface area contributed by atoms with Crippen LogP contribution in [0.1, 0.15) is 38.2 Å². The number of ether oxygens (including phenoxy) is 1. The Morgan fingerprint density at radius 1 is 1.22 bits per heavy atom. The fourth-order valence-corrected chi connectivity index (χ4v) is 2.94. The molecule has 0 atom stereocenters. The Labute approximate surface area is 118 Å². The van der Waals surface area contributed by atoms with Crippen molar-refractivity contribution in [2.45, 2.75) is 51.4 Å². The largest absolute Gasteiger partial charge is 0.374 e. The molecule has 0 amide bonds. The summed E-state index contributed by atoms with van der Waals surface area (Å²) in [5.41, 5.74) is 1.24. The highest BCUT2D eigenvalue weighted by molar-refractivity contribution is 9.10. The standard InChI is InChI=1S/C15H22BrNO/c1-2-17-13-7-9-14(10-8-13)18-11-12-5-3-4-6-15(12)16/h3-6,13-14,17H,2,7-11H2,1H3. The predicted molar refractivity (Wildman–Crippen MR) is 78.7 cm³/mol. The number of rotatable bonds is 5. The highest BCUT2D eigenvalue weighted by atomic mass is 79.9. The maximum absolute atomic E-state index is 6.02. The minimum atomic E-state index is 0.437. The summed E-state index contributed by atoms with van der Waals surface area (Å²) >= 11 is 3.56. The zero-order chi connectivity index (χ0) is 12.8. The molecule has 1 saturated carbocycles. The fourth-order valence-electron chi connectivity index (χ4n) is 2.55. The lowest BCUT2D eigenvalue weighted by molar-refractivity contribution is 0.0112. The second kappa shape index (κ2) is 7.27. The number of benzene rings is 1. The number of hydrogen-bond acceptors (Lipinski definition) is 2. The zero-order valence-electron chi connectivity index (χ0n) is 11.0. The van der Waals surface area contributed by atoms with Gasteiger partial charge in [0.25, 0.3) is 0 Å². The third-order valence-electron chi connectivity index (χ3n) is 3.60. The first-order chi connectivity index (χ1) is 8.79. The average molecular weight is 312 g/mol. The van der Waals surface area contributed by atoms with E-state index in [-0.39, 0.29) is 0 Å². The van der Waals surface area contributed by atoms with Gasteiger partial charge in [0.05, 0.1) is 12.7 Å². The molecule has 0 radical (unpaired) electrons. The summed E-state index contributed by atoms with van der Waals surface area (Å²) in [5.74, 6) is 0. The summed E-state index contributed by atoms with van der Waals surface area (Å²) < 4.78 is 7.16. The molecular weight excluding hydrogens is 290 g/mol. The lowest BCUT2D eigenvalue weighted by atomic mass is 9.93. The van der Waals surface area contributed by atoms with Crippen LogP contribution in [0.5, 0.6) is 0 Å². The Morgan fingerprint density at radius 3 is 2.61 bits per heavy atom. The molecule has 0 bridgehead atoms. The molecule has 0 heterocycles. The minimum absolute atomic E-state index is 0.437. The van der Waals surface area contributed by atoms with E-state index in [9.17, 15) is 0 Å². The van der Waals surface area contributed by atoms with Gasteiger partial charge in [-0.3, -0.25) is 0 Å². The van der Waals surface area contributed by atoms with Crippen LogP contribution in [0.4, 0.5) is 0 Å². The number of hydrogen-bond donors (Lipinski definition) is 1. The van der Waals surface area contributed by atoms with Crippen LogP contribution >= 0.6 is 15.9 Å². The normalized spacial score (nSPS) is 24.1. The van der Waals surface area contributed by atoms with Crippen LogP contribution in [0.3, 0.4) is 0 Å². The van der Waals surface area contributed by atoms with E-state index in [0.717, 1.165) is 17.6 Å². The van der Waals surface area contributed by atoms with Gasteiger partial charge in [0, 0.05) is 10.5 Å². The van der Waals surface area contributed by atoms with E-state index >= 15 is 0 Å². The van der Waals surface area contributed by atoms with E-state index in [0.29, 0.717) is 12.1 Å². The third kappa shape index (κ3) is 4.08. The Hall–Kier alpha value is -0.380. The summed E-state index contributed by atoms with van der Waals surface area (Å²) in [5, 5.41) is 3.52.